The number of hydrogen-bond donors (Lipinski definition) is 2. The van der Waals surface area contributed by atoms with E-state index < -0.39 is 6.29 Å². The van der Waals surface area contributed by atoms with E-state index in [0.29, 0.717) is 12.0 Å². The molecule has 3 heteroatoms. The molecule has 126 valence electrons. The highest BCUT2D eigenvalue weighted by atomic mass is 16.5. The lowest BCUT2D eigenvalue weighted by Gasteiger charge is -2.56. The topological polar surface area (TPSA) is 49.7 Å². The third-order valence-electron chi connectivity index (χ3n) is 8.17. The van der Waals surface area contributed by atoms with E-state index in [1.54, 1.807) is 0 Å². The Kier molecular flexibility index (Phi) is 4.03. The summed E-state index contributed by atoms with van der Waals surface area (Å²) in [4.78, 5) is 0. The van der Waals surface area contributed by atoms with Crippen LogP contribution in [-0.4, -0.2) is 29.7 Å². The van der Waals surface area contributed by atoms with Crippen LogP contribution in [0.15, 0.2) is 0 Å². The predicted molar refractivity (Wildman–Crippen MR) is 85.1 cm³/mol. The number of aliphatic hydroxyl groups excluding tert-OH is 1. The van der Waals surface area contributed by atoms with Crippen LogP contribution in [0.3, 0.4) is 0 Å². The van der Waals surface area contributed by atoms with Gasteiger partial charge in [0.15, 0.2) is 6.29 Å². The number of hydrogen-bond acceptors (Lipinski definition) is 3. The Morgan fingerprint density at radius 3 is 2.50 bits per heavy atom. The molecule has 2 unspecified atom stereocenters. The fraction of sp³-hybridized carbons (Fsp3) is 1.00. The Balaban J connectivity index is 1.57. The molecule has 7 atom stereocenters. The average molecular weight is 308 g/mol. The second-order valence-electron chi connectivity index (χ2n) is 8.64. The number of aliphatic hydroxyl groups is 2. The third kappa shape index (κ3) is 2.19. The molecule has 0 aromatic carbocycles. The van der Waals surface area contributed by atoms with E-state index in [9.17, 15) is 10.2 Å². The molecule has 0 amide bonds. The van der Waals surface area contributed by atoms with Gasteiger partial charge in [-0.25, -0.2) is 0 Å². The van der Waals surface area contributed by atoms with Gasteiger partial charge in [0.05, 0.1) is 6.10 Å². The summed E-state index contributed by atoms with van der Waals surface area (Å²) >= 11 is 0. The first kappa shape index (κ1) is 15.4. The van der Waals surface area contributed by atoms with Crippen molar-refractivity contribution in [3.05, 3.63) is 0 Å². The molecule has 4 rings (SSSR count). The lowest BCUT2D eigenvalue weighted by atomic mass is 9.50. The molecule has 2 N–H and O–H groups in total. The average Bonchev–Trinajstić information content (AvgIpc) is 2.99. The summed E-state index contributed by atoms with van der Waals surface area (Å²) < 4.78 is 5.68. The van der Waals surface area contributed by atoms with Gasteiger partial charge in [-0.2, -0.15) is 0 Å². The fourth-order valence-corrected chi connectivity index (χ4v) is 7.15. The van der Waals surface area contributed by atoms with Crippen LogP contribution in [0.1, 0.15) is 64.2 Å². The summed E-state index contributed by atoms with van der Waals surface area (Å²) in [5, 5.41) is 20.2. The Bertz CT molecular complexity index is 409. The normalized spacial score (nSPS) is 51.3. The summed E-state index contributed by atoms with van der Waals surface area (Å²) in [5.74, 6) is 3.89. The van der Waals surface area contributed by atoms with Crippen LogP contribution in [-0.2, 0) is 4.74 Å². The van der Waals surface area contributed by atoms with Crippen molar-refractivity contribution in [2.24, 2.45) is 35.0 Å². The van der Waals surface area contributed by atoms with Crippen LogP contribution in [0.5, 0.6) is 0 Å². The van der Waals surface area contributed by atoms with Crippen LogP contribution < -0.4 is 0 Å². The first-order chi connectivity index (χ1) is 10.7. The summed E-state index contributed by atoms with van der Waals surface area (Å²) in [6.45, 7) is 0. The van der Waals surface area contributed by atoms with Gasteiger partial charge in [-0.3, -0.25) is 0 Å². The smallest absolute Gasteiger partial charge is 0.157 e. The molecule has 0 saturated heterocycles. The third-order valence-corrected chi connectivity index (χ3v) is 8.17. The Hall–Kier alpha value is -0.120. The van der Waals surface area contributed by atoms with Gasteiger partial charge < -0.3 is 14.9 Å². The second kappa shape index (κ2) is 5.75. The number of methoxy groups -OCH3 is 1. The molecule has 3 nitrogen and oxygen atoms in total. The SMILES string of the molecule is COC1CCC2CC[C@@H]3[C@H](CC[C@]4(C(O)O)CCC[C@@H]34)[C@H]2C1. The maximum absolute atomic E-state index is 10.1. The van der Waals surface area contributed by atoms with Crippen LogP contribution >= 0.6 is 0 Å². The van der Waals surface area contributed by atoms with Crippen LogP contribution in [0, 0.1) is 35.0 Å². The Labute approximate surface area is 134 Å². The molecule has 0 aliphatic heterocycles. The molecule has 0 bridgehead atoms. The summed E-state index contributed by atoms with van der Waals surface area (Å²) in [7, 11) is 1.87. The second-order valence-corrected chi connectivity index (χ2v) is 8.64. The Morgan fingerprint density at radius 1 is 0.909 bits per heavy atom. The number of ether oxygens (including phenoxy) is 1. The van der Waals surface area contributed by atoms with Crippen molar-refractivity contribution < 1.29 is 14.9 Å². The first-order valence-corrected chi connectivity index (χ1v) is 9.54. The van der Waals surface area contributed by atoms with Gasteiger partial charge >= 0.3 is 0 Å². The molecular formula is C19H32O3. The van der Waals surface area contributed by atoms with Gasteiger partial charge in [0, 0.05) is 12.5 Å². The standard InChI is InChI=1S/C19H32O3/c1-22-13-6-4-12-5-7-15-14(16(12)11-13)8-10-19(18(20)21)9-2-3-17(15)19/h12-18,20-21H,2-11H2,1H3/t12?,13?,14-,15+,16-,17-,19+/m0/s1. The molecule has 22 heavy (non-hydrogen) atoms. The van der Waals surface area contributed by atoms with Crippen LogP contribution in [0.4, 0.5) is 0 Å². The van der Waals surface area contributed by atoms with E-state index in [-0.39, 0.29) is 5.41 Å². The molecule has 0 aromatic rings. The highest BCUT2D eigenvalue weighted by molar-refractivity contribution is 5.05. The van der Waals surface area contributed by atoms with Gasteiger partial charge in [0.1, 0.15) is 0 Å². The van der Waals surface area contributed by atoms with E-state index in [2.05, 4.69) is 0 Å². The molecule has 4 fully saturated rings. The van der Waals surface area contributed by atoms with Crippen molar-refractivity contribution in [1.29, 1.82) is 0 Å². The highest BCUT2D eigenvalue weighted by Gasteiger charge is 2.57. The maximum atomic E-state index is 10.1. The molecule has 0 spiro atoms. The molecule has 0 heterocycles. The van der Waals surface area contributed by atoms with Crippen LogP contribution in [0.2, 0.25) is 0 Å². The van der Waals surface area contributed by atoms with Crippen molar-refractivity contribution in [2.75, 3.05) is 7.11 Å². The molecule has 0 radical (unpaired) electrons. The first-order valence-electron chi connectivity index (χ1n) is 9.54. The number of fused-ring (bicyclic) bond motifs is 5. The minimum Gasteiger partial charge on any atom is -0.381 e. The van der Waals surface area contributed by atoms with Crippen molar-refractivity contribution in [2.45, 2.75) is 76.6 Å². The van der Waals surface area contributed by atoms with Crippen LogP contribution in [0.25, 0.3) is 0 Å². The lowest BCUT2D eigenvalue weighted by Crippen LogP contribution is -2.52. The molecular weight excluding hydrogens is 276 g/mol. The van der Waals surface area contributed by atoms with Crippen molar-refractivity contribution in [3.8, 4) is 0 Å². The molecule has 4 aliphatic rings. The van der Waals surface area contributed by atoms with Crippen molar-refractivity contribution in [3.63, 3.8) is 0 Å². The quantitative estimate of drug-likeness (QED) is 0.769. The zero-order valence-corrected chi connectivity index (χ0v) is 13.9. The van der Waals surface area contributed by atoms with Gasteiger partial charge in [-0.05, 0) is 87.4 Å². The van der Waals surface area contributed by atoms with Crippen molar-refractivity contribution >= 4 is 0 Å². The fourth-order valence-electron chi connectivity index (χ4n) is 7.15. The summed E-state index contributed by atoms with van der Waals surface area (Å²) in [5.41, 5.74) is -0.163. The van der Waals surface area contributed by atoms with E-state index in [4.69, 9.17) is 4.74 Å². The van der Waals surface area contributed by atoms with E-state index >= 15 is 0 Å². The molecule has 4 aliphatic carbocycles. The van der Waals surface area contributed by atoms with Gasteiger partial charge in [-0.1, -0.05) is 6.42 Å². The maximum Gasteiger partial charge on any atom is 0.157 e. The minimum absolute atomic E-state index is 0.163. The van der Waals surface area contributed by atoms with Gasteiger partial charge in [0.2, 0.25) is 0 Å². The molecule has 4 saturated carbocycles. The van der Waals surface area contributed by atoms with Gasteiger partial charge in [-0.15, -0.1) is 0 Å². The highest BCUT2D eigenvalue weighted by Crippen LogP contribution is 2.63. The van der Waals surface area contributed by atoms with E-state index in [0.717, 1.165) is 36.5 Å². The minimum atomic E-state index is -1.10. The summed E-state index contributed by atoms with van der Waals surface area (Å²) in [6.07, 6.45) is 11.6. The monoisotopic (exact) mass is 308 g/mol. The largest absolute Gasteiger partial charge is 0.381 e. The number of rotatable bonds is 2. The van der Waals surface area contributed by atoms with Gasteiger partial charge in [0.25, 0.3) is 0 Å². The lowest BCUT2D eigenvalue weighted by molar-refractivity contribution is -0.192. The zero-order valence-electron chi connectivity index (χ0n) is 13.9. The van der Waals surface area contributed by atoms with E-state index in [1.807, 2.05) is 7.11 Å². The van der Waals surface area contributed by atoms with Crippen molar-refractivity contribution in [1.82, 2.24) is 0 Å². The predicted octanol–water partition coefficient (Wildman–Crippen LogP) is 3.33. The Morgan fingerprint density at radius 2 is 1.73 bits per heavy atom. The van der Waals surface area contributed by atoms with E-state index in [1.165, 1.54) is 51.4 Å². The zero-order chi connectivity index (χ0) is 15.3. The molecule has 0 aromatic heterocycles. The summed E-state index contributed by atoms with van der Waals surface area (Å²) in [6, 6.07) is 0.